The van der Waals surface area contributed by atoms with E-state index in [-0.39, 0.29) is 6.04 Å². The van der Waals surface area contributed by atoms with Crippen molar-refractivity contribution in [1.82, 2.24) is 15.3 Å². The number of rotatable bonds is 4. The summed E-state index contributed by atoms with van der Waals surface area (Å²) >= 11 is 0. The van der Waals surface area contributed by atoms with E-state index >= 15 is 0 Å². The summed E-state index contributed by atoms with van der Waals surface area (Å²) in [5.74, 6) is 0.826. The lowest BCUT2D eigenvalue weighted by Crippen LogP contribution is -2.35. The molecule has 0 saturated heterocycles. The van der Waals surface area contributed by atoms with Gasteiger partial charge in [-0.1, -0.05) is 25.7 Å². The summed E-state index contributed by atoms with van der Waals surface area (Å²) in [6, 6.07) is 0.858. The molecule has 1 N–H and O–H groups in total. The van der Waals surface area contributed by atoms with E-state index in [1.54, 1.807) is 12.4 Å². The number of hydrogen-bond donors (Lipinski definition) is 1. The van der Waals surface area contributed by atoms with E-state index in [4.69, 9.17) is 0 Å². The molecule has 1 aromatic heterocycles. The molecule has 1 fully saturated rings. The number of nitrogens with one attached hydrogen (secondary N) is 1. The molecule has 1 aliphatic rings. The van der Waals surface area contributed by atoms with Crippen molar-refractivity contribution in [2.24, 2.45) is 5.92 Å². The summed E-state index contributed by atoms with van der Waals surface area (Å²) in [4.78, 5) is 8.51. The number of aromatic nitrogens is 2. The largest absolute Gasteiger partial charge is 0.306 e. The summed E-state index contributed by atoms with van der Waals surface area (Å²) in [5, 5.41) is 3.69. The van der Waals surface area contributed by atoms with E-state index in [1.807, 2.05) is 6.20 Å². The van der Waals surface area contributed by atoms with Gasteiger partial charge in [0.25, 0.3) is 0 Å². The van der Waals surface area contributed by atoms with Gasteiger partial charge in [0.15, 0.2) is 0 Å². The van der Waals surface area contributed by atoms with Crippen molar-refractivity contribution < 1.29 is 0 Å². The van der Waals surface area contributed by atoms with Gasteiger partial charge in [-0.3, -0.25) is 9.97 Å². The van der Waals surface area contributed by atoms with Crippen LogP contribution in [0.4, 0.5) is 0 Å². The molecule has 2 rings (SSSR count). The lowest BCUT2D eigenvalue weighted by molar-refractivity contribution is 0.314. The van der Waals surface area contributed by atoms with Gasteiger partial charge < -0.3 is 5.32 Å². The van der Waals surface area contributed by atoms with Crippen molar-refractivity contribution in [1.29, 1.82) is 0 Å². The summed E-state index contributed by atoms with van der Waals surface area (Å²) < 4.78 is 0. The molecular formula is C15H25N3. The van der Waals surface area contributed by atoms with Gasteiger partial charge >= 0.3 is 0 Å². The minimum atomic E-state index is 0.289. The van der Waals surface area contributed by atoms with E-state index in [0.29, 0.717) is 6.04 Å². The Kier molecular flexibility index (Phi) is 5.12. The summed E-state index contributed by atoms with van der Waals surface area (Å²) in [6.45, 7) is 4.50. The molecule has 1 aliphatic carbocycles. The predicted molar refractivity (Wildman–Crippen MR) is 74.2 cm³/mol. The van der Waals surface area contributed by atoms with Crippen LogP contribution < -0.4 is 5.32 Å². The SMILES string of the molecule is CC(N[C@@H](C)C1CCCCCC1)c1cnccn1. The first kappa shape index (κ1) is 13.5. The second-order valence-corrected chi connectivity index (χ2v) is 5.56. The average Bonchev–Trinajstić information content (AvgIpc) is 2.68. The van der Waals surface area contributed by atoms with Crippen LogP contribution in [0.3, 0.4) is 0 Å². The molecule has 0 spiro atoms. The maximum absolute atomic E-state index is 4.37. The predicted octanol–water partition coefficient (Wildman–Crippen LogP) is 3.49. The van der Waals surface area contributed by atoms with Crippen molar-refractivity contribution in [3.05, 3.63) is 24.3 Å². The van der Waals surface area contributed by atoms with Gasteiger partial charge in [0.05, 0.1) is 5.69 Å². The number of nitrogens with zero attached hydrogens (tertiary/aromatic N) is 2. The zero-order valence-electron chi connectivity index (χ0n) is 11.6. The first-order valence-electron chi connectivity index (χ1n) is 7.29. The Bertz CT molecular complexity index is 331. The lowest BCUT2D eigenvalue weighted by Gasteiger charge is -2.26. The zero-order valence-corrected chi connectivity index (χ0v) is 11.6. The third kappa shape index (κ3) is 3.77. The second-order valence-electron chi connectivity index (χ2n) is 5.56. The monoisotopic (exact) mass is 247 g/mol. The maximum atomic E-state index is 4.37. The van der Waals surface area contributed by atoms with Gasteiger partial charge in [0.2, 0.25) is 0 Å². The summed E-state index contributed by atoms with van der Waals surface area (Å²) in [6.07, 6.45) is 13.7. The van der Waals surface area contributed by atoms with Gasteiger partial charge in [-0.2, -0.15) is 0 Å². The molecule has 0 bridgehead atoms. The second kappa shape index (κ2) is 6.83. The molecule has 0 amide bonds. The van der Waals surface area contributed by atoms with Crippen molar-refractivity contribution in [2.45, 2.75) is 64.5 Å². The molecule has 1 saturated carbocycles. The molecule has 1 unspecified atom stereocenters. The van der Waals surface area contributed by atoms with Crippen molar-refractivity contribution in [2.75, 3.05) is 0 Å². The van der Waals surface area contributed by atoms with Crippen molar-refractivity contribution >= 4 is 0 Å². The number of hydrogen-bond acceptors (Lipinski definition) is 3. The van der Waals surface area contributed by atoms with E-state index in [9.17, 15) is 0 Å². The van der Waals surface area contributed by atoms with Crippen LogP contribution in [0, 0.1) is 5.92 Å². The normalized spacial score (nSPS) is 21.2. The van der Waals surface area contributed by atoms with Crippen LogP contribution in [0.1, 0.15) is 64.1 Å². The third-order valence-corrected chi connectivity index (χ3v) is 4.15. The molecule has 0 aromatic carbocycles. The molecule has 18 heavy (non-hydrogen) atoms. The highest BCUT2D eigenvalue weighted by atomic mass is 15.0. The Morgan fingerprint density at radius 2 is 1.83 bits per heavy atom. The van der Waals surface area contributed by atoms with Crippen LogP contribution >= 0.6 is 0 Å². The molecular weight excluding hydrogens is 222 g/mol. The van der Waals surface area contributed by atoms with Crippen LogP contribution in [0.5, 0.6) is 0 Å². The fourth-order valence-electron chi connectivity index (χ4n) is 2.96. The zero-order chi connectivity index (χ0) is 12.8. The first-order chi connectivity index (χ1) is 8.77. The van der Waals surface area contributed by atoms with Gasteiger partial charge in [-0.25, -0.2) is 0 Å². The van der Waals surface area contributed by atoms with Gasteiger partial charge in [0.1, 0.15) is 0 Å². The molecule has 3 nitrogen and oxygen atoms in total. The van der Waals surface area contributed by atoms with Gasteiger partial charge in [0, 0.05) is 30.7 Å². The van der Waals surface area contributed by atoms with Crippen LogP contribution in [0.2, 0.25) is 0 Å². The Morgan fingerprint density at radius 3 is 2.44 bits per heavy atom. The van der Waals surface area contributed by atoms with E-state index in [2.05, 4.69) is 29.1 Å². The van der Waals surface area contributed by atoms with Crippen LogP contribution in [0.15, 0.2) is 18.6 Å². The van der Waals surface area contributed by atoms with E-state index in [0.717, 1.165) is 11.6 Å². The maximum Gasteiger partial charge on any atom is 0.0753 e. The van der Waals surface area contributed by atoms with Gasteiger partial charge in [-0.15, -0.1) is 0 Å². The van der Waals surface area contributed by atoms with Crippen LogP contribution in [0.25, 0.3) is 0 Å². The minimum absolute atomic E-state index is 0.289. The van der Waals surface area contributed by atoms with Crippen LogP contribution in [-0.4, -0.2) is 16.0 Å². The molecule has 1 aromatic rings. The Labute approximate surface area is 110 Å². The molecule has 100 valence electrons. The summed E-state index contributed by atoms with van der Waals surface area (Å²) in [5.41, 5.74) is 1.04. The minimum Gasteiger partial charge on any atom is -0.306 e. The van der Waals surface area contributed by atoms with Crippen LogP contribution in [-0.2, 0) is 0 Å². The van der Waals surface area contributed by atoms with E-state index in [1.165, 1.54) is 38.5 Å². The fraction of sp³-hybridized carbons (Fsp3) is 0.733. The molecule has 3 heteroatoms. The van der Waals surface area contributed by atoms with Gasteiger partial charge in [-0.05, 0) is 32.6 Å². The smallest absolute Gasteiger partial charge is 0.0753 e. The Morgan fingerprint density at radius 1 is 1.11 bits per heavy atom. The highest BCUT2D eigenvalue weighted by Crippen LogP contribution is 2.26. The third-order valence-electron chi connectivity index (χ3n) is 4.15. The average molecular weight is 247 g/mol. The van der Waals surface area contributed by atoms with Crippen molar-refractivity contribution in [3.8, 4) is 0 Å². The molecule has 2 atom stereocenters. The summed E-state index contributed by atoms with van der Waals surface area (Å²) in [7, 11) is 0. The first-order valence-corrected chi connectivity index (χ1v) is 7.29. The highest BCUT2D eigenvalue weighted by molar-refractivity contribution is 5.01. The highest BCUT2D eigenvalue weighted by Gasteiger charge is 2.20. The Hall–Kier alpha value is -0.960. The standard InChI is InChI=1S/C15H25N3/c1-12(14-7-5-3-4-6-8-14)18-13(2)15-11-16-9-10-17-15/h9-14,18H,3-8H2,1-2H3/t12-,13?/m0/s1. The fourth-order valence-corrected chi connectivity index (χ4v) is 2.96. The molecule has 0 aliphatic heterocycles. The quantitative estimate of drug-likeness (QED) is 0.828. The molecule has 1 heterocycles. The van der Waals surface area contributed by atoms with Crippen molar-refractivity contribution in [3.63, 3.8) is 0 Å². The topological polar surface area (TPSA) is 37.8 Å². The van der Waals surface area contributed by atoms with E-state index < -0.39 is 0 Å². The Balaban J connectivity index is 1.88. The lowest BCUT2D eigenvalue weighted by atomic mass is 9.92. The molecule has 0 radical (unpaired) electrons.